The summed E-state index contributed by atoms with van der Waals surface area (Å²) in [6.07, 6.45) is 4.18. The minimum atomic E-state index is -0.542. The number of aromatic nitrogens is 5. The number of hydrogen-bond acceptors (Lipinski definition) is 7. The van der Waals surface area contributed by atoms with Crippen molar-refractivity contribution in [3.8, 4) is 5.75 Å². The van der Waals surface area contributed by atoms with E-state index in [1.807, 2.05) is 0 Å². The Morgan fingerprint density at radius 3 is 2.79 bits per heavy atom. The Morgan fingerprint density at radius 2 is 2.00 bits per heavy atom. The minimum absolute atomic E-state index is 0.0376. The Labute approximate surface area is 226 Å². The number of rotatable bonds is 9. The minimum Gasteiger partial charge on any atom is -0.485 e. The number of nitrogens with one attached hydrogen (secondary N) is 2. The molecule has 0 atom stereocenters. The number of carbonyl (C=O) groups excluding carboxylic acids is 1. The van der Waals surface area contributed by atoms with Crippen molar-refractivity contribution in [1.29, 1.82) is 0 Å². The quantitative estimate of drug-likeness (QED) is 0.230. The van der Waals surface area contributed by atoms with Gasteiger partial charge in [0.15, 0.2) is 0 Å². The molecule has 2 N–H and O–H groups in total. The molecule has 2 aromatic heterocycles. The van der Waals surface area contributed by atoms with E-state index in [0.717, 1.165) is 11.6 Å². The highest BCUT2D eigenvalue weighted by Gasteiger charge is 2.14. The molecule has 2 heterocycles. The first-order chi connectivity index (χ1) is 18.9. The molecule has 0 unspecified atom stereocenters. The maximum absolute atomic E-state index is 13.6. The van der Waals surface area contributed by atoms with Crippen LogP contribution in [0.5, 0.6) is 5.75 Å². The lowest BCUT2D eigenvalue weighted by Crippen LogP contribution is -2.10. The van der Waals surface area contributed by atoms with Crippen molar-refractivity contribution in [3.05, 3.63) is 108 Å². The van der Waals surface area contributed by atoms with Crippen LogP contribution in [-0.4, -0.2) is 30.9 Å². The van der Waals surface area contributed by atoms with Crippen molar-refractivity contribution in [2.24, 2.45) is 0 Å². The fourth-order valence-electron chi connectivity index (χ4n) is 3.75. The van der Waals surface area contributed by atoms with E-state index in [1.54, 1.807) is 35.1 Å². The summed E-state index contributed by atoms with van der Waals surface area (Å²) in [7, 11) is 0. The van der Waals surface area contributed by atoms with Crippen LogP contribution < -0.4 is 15.4 Å². The molecule has 0 aliphatic heterocycles. The van der Waals surface area contributed by atoms with E-state index in [0.29, 0.717) is 46.1 Å². The lowest BCUT2D eigenvalue weighted by molar-refractivity contribution is -0.111. The molecule has 0 radical (unpaired) electrons. The fraction of sp³-hybridized carbons (Fsp3) is 0.0741. The third-order valence-electron chi connectivity index (χ3n) is 5.56. The Hall–Kier alpha value is -4.90. The van der Waals surface area contributed by atoms with Gasteiger partial charge in [-0.1, -0.05) is 35.5 Å². The molecular formula is C27H20ClF2N7O2. The monoisotopic (exact) mass is 547 g/mol. The molecule has 3 aromatic carbocycles. The van der Waals surface area contributed by atoms with Crippen LogP contribution in [0.1, 0.15) is 11.3 Å². The van der Waals surface area contributed by atoms with Crippen LogP contribution in [0.2, 0.25) is 5.02 Å². The summed E-state index contributed by atoms with van der Waals surface area (Å²) < 4.78 is 34.6. The summed E-state index contributed by atoms with van der Waals surface area (Å²) in [4.78, 5) is 20.8. The number of nitrogens with zero attached hydrogens (tertiary/aromatic N) is 5. The first kappa shape index (κ1) is 25.7. The van der Waals surface area contributed by atoms with E-state index in [1.165, 1.54) is 36.7 Å². The lowest BCUT2D eigenvalue weighted by atomic mass is 10.1. The van der Waals surface area contributed by atoms with E-state index >= 15 is 0 Å². The van der Waals surface area contributed by atoms with Gasteiger partial charge in [0.25, 0.3) is 0 Å². The van der Waals surface area contributed by atoms with Gasteiger partial charge < -0.3 is 15.4 Å². The molecule has 1 amide bonds. The van der Waals surface area contributed by atoms with Crippen LogP contribution in [0.3, 0.4) is 0 Å². The van der Waals surface area contributed by atoms with Crippen LogP contribution in [0.25, 0.3) is 10.9 Å². The maximum Gasteiger partial charge on any atom is 0.247 e. The molecule has 196 valence electrons. The number of halogens is 3. The molecular weight excluding hydrogens is 528 g/mol. The van der Waals surface area contributed by atoms with Gasteiger partial charge >= 0.3 is 0 Å². The largest absolute Gasteiger partial charge is 0.485 e. The van der Waals surface area contributed by atoms with Gasteiger partial charge in [-0.3, -0.25) is 4.79 Å². The zero-order valence-electron chi connectivity index (χ0n) is 20.2. The predicted molar refractivity (Wildman–Crippen MR) is 143 cm³/mol. The number of benzene rings is 3. The summed E-state index contributed by atoms with van der Waals surface area (Å²) in [6, 6.07) is 13.7. The Morgan fingerprint density at radius 1 is 1.13 bits per heavy atom. The first-order valence-corrected chi connectivity index (χ1v) is 12.0. The van der Waals surface area contributed by atoms with Gasteiger partial charge in [0.2, 0.25) is 5.91 Å². The molecule has 0 saturated heterocycles. The Kier molecular flexibility index (Phi) is 7.41. The molecule has 0 aliphatic carbocycles. The fourth-order valence-corrected chi connectivity index (χ4v) is 3.93. The summed E-state index contributed by atoms with van der Waals surface area (Å²) in [5.74, 6) is -0.586. The van der Waals surface area contributed by atoms with Crippen molar-refractivity contribution in [3.63, 3.8) is 0 Å². The van der Waals surface area contributed by atoms with Crippen LogP contribution >= 0.6 is 11.6 Å². The van der Waals surface area contributed by atoms with Gasteiger partial charge in [0.1, 0.15) is 41.8 Å². The van der Waals surface area contributed by atoms with E-state index in [-0.39, 0.29) is 17.4 Å². The smallest absolute Gasteiger partial charge is 0.247 e. The predicted octanol–water partition coefficient (Wildman–Crippen LogP) is 5.65. The number of hydrogen-bond donors (Lipinski definition) is 2. The van der Waals surface area contributed by atoms with Gasteiger partial charge in [-0.15, -0.1) is 5.10 Å². The third kappa shape index (κ3) is 6.16. The maximum atomic E-state index is 13.6. The molecule has 0 bridgehead atoms. The van der Waals surface area contributed by atoms with Gasteiger partial charge in [-0.25, -0.2) is 23.4 Å². The Bertz CT molecular complexity index is 1690. The number of ether oxygens (including phenoxy) is 1. The van der Waals surface area contributed by atoms with E-state index in [9.17, 15) is 13.6 Å². The highest BCUT2D eigenvalue weighted by molar-refractivity contribution is 6.31. The molecule has 0 saturated carbocycles. The van der Waals surface area contributed by atoms with E-state index in [2.05, 4.69) is 37.5 Å². The molecule has 5 rings (SSSR count). The van der Waals surface area contributed by atoms with E-state index < -0.39 is 11.7 Å². The number of fused-ring (bicyclic) bond motifs is 1. The van der Waals surface area contributed by atoms with Crippen molar-refractivity contribution >= 4 is 45.6 Å². The normalized spacial score (nSPS) is 10.8. The highest BCUT2D eigenvalue weighted by atomic mass is 35.5. The molecule has 12 heteroatoms. The summed E-state index contributed by atoms with van der Waals surface area (Å²) in [5, 5.41) is 14.5. The average Bonchev–Trinajstić information content (AvgIpc) is 3.37. The molecule has 9 nitrogen and oxygen atoms in total. The van der Waals surface area contributed by atoms with Gasteiger partial charge in [-0.05, 0) is 48.0 Å². The van der Waals surface area contributed by atoms with Gasteiger partial charge in [-0.2, -0.15) is 0 Å². The second kappa shape index (κ2) is 11.2. The van der Waals surface area contributed by atoms with Gasteiger partial charge in [0.05, 0.1) is 29.0 Å². The zero-order valence-corrected chi connectivity index (χ0v) is 21.0. The van der Waals surface area contributed by atoms with Crippen LogP contribution in [0.15, 0.2) is 79.8 Å². The number of amides is 1. The van der Waals surface area contributed by atoms with Crippen molar-refractivity contribution in [1.82, 2.24) is 25.0 Å². The Balaban J connectivity index is 1.40. The topological polar surface area (TPSA) is 107 Å². The average molecular weight is 548 g/mol. The standard InChI is InChI=1S/C27H20ClF2N7O2/c1-2-26(38)34-24-10-20-23(31-15-32-27(20)33-18-6-7-22(30)21(28)9-18)11-25(24)39-14-19-13-37(36-35-19)12-16-4-3-5-17(29)8-16/h2-11,13,15H,1,12,14H2,(H,34,38)(H,31,32,33). The lowest BCUT2D eigenvalue weighted by Gasteiger charge is -2.14. The molecule has 0 fully saturated rings. The number of carbonyl (C=O) groups is 1. The first-order valence-electron chi connectivity index (χ1n) is 11.6. The molecule has 0 spiro atoms. The summed E-state index contributed by atoms with van der Waals surface area (Å²) >= 11 is 5.90. The van der Waals surface area contributed by atoms with Crippen LogP contribution in [0, 0.1) is 11.6 Å². The second-order valence-electron chi connectivity index (χ2n) is 8.36. The molecule has 39 heavy (non-hydrogen) atoms. The van der Waals surface area contributed by atoms with Crippen molar-refractivity contribution < 1.29 is 18.3 Å². The highest BCUT2D eigenvalue weighted by Crippen LogP contribution is 2.34. The van der Waals surface area contributed by atoms with Crippen LogP contribution in [0.4, 0.5) is 26.0 Å². The second-order valence-corrected chi connectivity index (χ2v) is 8.77. The molecule has 5 aromatic rings. The van der Waals surface area contributed by atoms with Crippen molar-refractivity contribution in [2.75, 3.05) is 10.6 Å². The van der Waals surface area contributed by atoms with Gasteiger partial charge in [0, 0.05) is 17.1 Å². The number of anilines is 3. The SMILES string of the molecule is C=CC(=O)Nc1cc2c(Nc3ccc(F)c(Cl)c3)ncnc2cc1OCc1cn(Cc2cccc(F)c2)nn1. The summed E-state index contributed by atoms with van der Waals surface area (Å²) in [6.45, 7) is 3.87. The molecule has 0 aliphatic rings. The third-order valence-corrected chi connectivity index (χ3v) is 5.85. The van der Waals surface area contributed by atoms with E-state index in [4.69, 9.17) is 16.3 Å². The van der Waals surface area contributed by atoms with Crippen molar-refractivity contribution in [2.45, 2.75) is 13.2 Å². The zero-order chi connectivity index (χ0) is 27.4. The summed E-state index contributed by atoms with van der Waals surface area (Å²) in [5.41, 5.74) is 2.63. The van der Waals surface area contributed by atoms with Crippen LogP contribution in [-0.2, 0) is 17.9 Å².